The van der Waals surface area contributed by atoms with Crippen LogP contribution in [0.3, 0.4) is 0 Å². The van der Waals surface area contributed by atoms with Crippen molar-refractivity contribution in [1.29, 1.82) is 0 Å². The van der Waals surface area contributed by atoms with Crippen molar-refractivity contribution in [3.63, 3.8) is 0 Å². The van der Waals surface area contributed by atoms with Crippen LogP contribution in [0, 0.1) is 5.92 Å². The van der Waals surface area contributed by atoms with E-state index in [4.69, 9.17) is 4.74 Å². The first-order chi connectivity index (χ1) is 9.35. The van der Waals surface area contributed by atoms with Crippen molar-refractivity contribution in [3.8, 4) is 5.75 Å². The van der Waals surface area contributed by atoms with Gasteiger partial charge in [0.15, 0.2) is 5.78 Å². The zero-order valence-corrected chi connectivity index (χ0v) is 12.6. The number of carbonyl (C=O) groups excluding carboxylic acids is 1. The molecule has 2 rings (SSSR count). The van der Waals surface area contributed by atoms with Crippen LogP contribution in [0.1, 0.15) is 36.7 Å². The number of methoxy groups -OCH3 is 1. The number of likely N-dealkylation sites (tertiary alicyclic amines) is 1. The highest BCUT2D eigenvalue weighted by Crippen LogP contribution is 2.31. The van der Waals surface area contributed by atoms with Crippen molar-refractivity contribution in [1.82, 2.24) is 4.90 Å². The number of carbonyl (C=O) groups is 1. The highest BCUT2D eigenvalue weighted by molar-refractivity contribution is 5.94. The highest BCUT2D eigenvalue weighted by atomic mass is 16.5. The predicted octanol–water partition coefficient (Wildman–Crippen LogP) is 2.10. The number of hydrogen-bond acceptors (Lipinski definition) is 4. The molecule has 1 N–H and O–H groups in total. The zero-order valence-electron chi connectivity index (χ0n) is 12.6. The SMILES string of the molecule is COc1ccc(C(C)=O)cc1CN1CC(O)(C(C)C)C1. The molecule has 1 aliphatic rings. The molecule has 1 heterocycles. The molecule has 0 amide bonds. The van der Waals surface area contributed by atoms with E-state index >= 15 is 0 Å². The van der Waals surface area contributed by atoms with Crippen LogP contribution in [0.2, 0.25) is 0 Å². The molecule has 1 saturated heterocycles. The Morgan fingerprint density at radius 1 is 1.45 bits per heavy atom. The van der Waals surface area contributed by atoms with Crippen molar-refractivity contribution >= 4 is 5.78 Å². The molecule has 0 spiro atoms. The number of benzene rings is 1. The zero-order chi connectivity index (χ0) is 14.9. The highest BCUT2D eigenvalue weighted by Gasteiger charge is 2.43. The molecule has 0 aromatic heterocycles. The lowest BCUT2D eigenvalue weighted by atomic mass is 9.83. The second kappa shape index (κ2) is 5.54. The van der Waals surface area contributed by atoms with Gasteiger partial charge >= 0.3 is 0 Å². The lowest BCUT2D eigenvalue weighted by Gasteiger charge is -2.49. The van der Waals surface area contributed by atoms with E-state index in [1.807, 2.05) is 26.0 Å². The molecule has 0 bridgehead atoms. The third-order valence-corrected chi connectivity index (χ3v) is 4.15. The minimum atomic E-state index is -0.578. The van der Waals surface area contributed by atoms with Crippen LogP contribution in [0.25, 0.3) is 0 Å². The van der Waals surface area contributed by atoms with Gasteiger partial charge in [-0.05, 0) is 31.0 Å². The Kier molecular flexibility index (Phi) is 4.16. The molecule has 4 nitrogen and oxygen atoms in total. The van der Waals surface area contributed by atoms with E-state index in [0.29, 0.717) is 25.2 Å². The summed E-state index contributed by atoms with van der Waals surface area (Å²) >= 11 is 0. The van der Waals surface area contributed by atoms with E-state index < -0.39 is 5.60 Å². The number of ketones is 1. The molecule has 0 radical (unpaired) electrons. The smallest absolute Gasteiger partial charge is 0.159 e. The largest absolute Gasteiger partial charge is 0.496 e. The molecular formula is C16H23NO3. The summed E-state index contributed by atoms with van der Waals surface area (Å²) in [6.07, 6.45) is 0. The normalized spacial score (nSPS) is 17.9. The Labute approximate surface area is 120 Å². The number of aliphatic hydroxyl groups is 1. The number of hydrogen-bond donors (Lipinski definition) is 1. The molecule has 1 aliphatic heterocycles. The van der Waals surface area contributed by atoms with Gasteiger partial charge in [0.05, 0.1) is 12.7 Å². The summed E-state index contributed by atoms with van der Waals surface area (Å²) in [5.74, 6) is 1.09. The fourth-order valence-corrected chi connectivity index (χ4v) is 2.57. The van der Waals surface area contributed by atoms with Gasteiger partial charge in [0.2, 0.25) is 0 Å². The van der Waals surface area contributed by atoms with Crippen LogP contribution in [-0.2, 0) is 6.54 Å². The van der Waals surface area contributed by atoms with Crippen molar-refractivity contribution in [2.45, 2.75) is 32.9 Å². The Hall–Kier alpha value is -1.39. The molecule has 0 unspecified atom stereocenters. The molecule has 1 fully saturated rings. The van der Waals surface area contributed by atoms with Crippen molar-refractivity contribution < 1.29 is 14.6 Å². The van der Waals surface area contributed by atoms with E-state index in [1.54, 1.807) is 20.1 Å². The first-order valence-corrected chi connectivity index (χ1v) is 6.98. The van der Waals surface area contributed by atoms with E-state index in [-0.39, 0.29) is 11.7 Å². The Morgan fingerprint density at radius 3 is 2.60 bits per heavy atom. The number of ether oxygens (including phenoxy) is 1. The predicted molar refractivity (Wildman–Crippen MR) is 78.1 cm³/mol. The van der Waals surface area contributed by atoms with E-state index in [1.165, 1.54) is 0 Å². The Bertz CT molecular complexity index is 504. The minimum absolute atomic E-state index is 0.0520. The van der Waals surface area contributed by atoms with Crippen LogP contribution in [0.5, 0.6) is 5.75 Å². The maximum absolute atomic E-state index is 11.5. The molecule has 0 atom stereocenters. The van der Waals surface area contributed by atoms with Crippen LogP contribution in [0.15, 0.2) is 18.2 Å². The summed E-state index contributed by atoms with van der Waals surface area (Å²) in [6.45, 7) is 7.66. The Balaban J connectivity index is 2.10. The second-order valence-corrected chi connectivity index (χ2v) is 5.99. The first-order valence-electron chi connectivity index (χ1n) is 6.98. The summed E-state index contributed by atoms with van der Waals surface area (Å²) in [6, 6.07) is 5.50. The molecule has 0 aliphatic carbocycles. The fraction of sp³-hybridized carbons (Fsp3) is 0.562. The number of Topliss-reactive ketones (excluding diaryl/α,β-unsaturated/α-hetero) is 1. The van der Waals surface area contributed by atoms with Crippen LogP contribution < -0.4 is 4.74 Å². The van der Waals surface area contributed by atoms with Gasteiger partial charge in [-0.25, -0.2) is 0 Å². The van der Waals surface area contributed by atoms with E-state index in [2.05, 4.69) is 4.90 Å². The van der Waals surface area contributed by atoms with Crippen molar-refractivity contribution in [2.75, 3.05) is 20.2 Å². The van der Waals surface area contributed by atoms with Gasteiger partial charge in [-0.15, -0.1) is 0 Å². The average molecular weight is 277 g/mol. The molecule has 0 saturated carbocycles. The summed E-state index contributed by atoms with van der Waals surface area (Å²) in [7, 11) is 1.63. The third kappa shape index (κ3) is 2.86. The van der Waals surface area contributed by atoms with Gasteiger partial charge in [0.1, 0.15) is 5.75 Å². The van der Waals surface area contributed by atoms with Gasteiger partial charge in [-0.3, -0.25) is 9.69 Å². The molecule has 20 heavy (non-hydrogen) atoms. The quantitative estimate of drug-likeness (QED) is 0.837. The number of nitrogens with zero attached hydrogens (tertiary/aromatic N) is 1. The molecular weight excluding hydrogens is 254 g/mol. The van der Waals surface area contributed by atoms with Gasteiger partial charge in [0, 0.05) is 30.8 Å². The van der Waals surface area contributed by atoms with Crippen LogP contribution >= 0.6 is 0 Å². The van der Waals surface area contributed by atoms with Gasteiger partial charge in [-0.1, -0.05) is 13.8 Å². The maximum atomic E-state index is 11.5. The summed E-state index contributed by atoms with van der Waals surface area (Å²) in [4.78, 5) is 13.6. The topological polar surface area (TPSA) is 49.8 Å². The van der Waals surface area contributed by atoms with E-state index in [0.717, 1.165) is 11.3 Å². The summed E-state index contributed by atoms with van der Waals surface area (Å²) in [5, 5.41) is 10.3. The third-order valence-electron chi connectivity index (χ3n) is 4.15. The fourth-order valence-electron chi connectivity index (χ4n) is 2.57. The summed E-state index contributed by atoms with van der Waals surface area (Å²) in [5.41, 5.74) is 1.11. The molecule has 1 aromatic carbocycles. The van der Waals surface area contributed by atoms with Crippen molar-refractivity contribution in [2.24, 2.45) is 5.92 Å². The lowest BCUT2D eigenvalue weighted by molar-refractivity contribution is -0.130. The standard InChI is InChI=1S/C16H23NO3/c1-11(2)16(19)9-17(10-16)8-14-7-13(12(3)18)5-6-15(14)20-4/h5-7,11,19H,8-10H2,1-4H3. The van der Waals surface area contributed by atoms with Crippen molar-refractivity contribution in [3.05, 3.63) is 29.3 Å². The minimum Gasteiger partial charge on any atom is -0.496 e. The number of β-amino-alcohol motifs (C(OH)–C–C–N with tert-alkyl or cyclic N) is 1. The molecule has 4 heteroatoms. The van der Waals surface area contributed by atoms with Crippen LogP contribution in [0.4, 0.5) is 0 Å². The lowest BCUT2D eigenvalue weighted by Crippen LogP contribution is -2.63. The van der Waals surface area contributed by atoms with Gasteiger partial charge in [0.25, 0.3) is 0 Å². The molecule has 1 aromatic rings. The van der Waals surface area contributed by atoms with E-state index in [9.17, 15) is 9.90 Å². The monoisotopic (exact) mass is 277 g/mol. The summed E-state index contributed by atoms with van der Waals surface area (Å²) < 4.78 is 5.35. The van der Waals surface area contributed by atoms with Gasteiger partial charge in [-0.2, -0.15) is 0 Å². The first kappa shape index (κ1) is 15.0. The van der Waals surface area contributed by atoms with Crippen LogP contribution in [-0.4, -0.2) is 41.6 Å². The average Bonchev–Trinajstić information content (AvgIpc) is 2.36. The Morgan fingerprint density at radius 2 is 2.10 bits per heavy atom. The maximum Gasteiger partial charge on any atom is 0.159 e. The van der Waals surface area contributed by atoms with Gasteiger partial charge < -0.3 is 9.84 Å². The molecule has 110 valence electrons. The second-order valence-electron chi connectivity index (χ2n) is 5.99. The number of rotatable bonds is 5.